The monoisotopic (exact) mass is 327 g/mol. The zero-order valence-electron chi connectivity index (χ0n) is 14.8. The molecule has 0 bridgehead atoms. The van der Waals surface area contributed by atoms with Crippen LogP contribution in [0.4, 0.5) is 5.69 Å². The molecule has 0 spiro atoms. The van der Waals surface area contributed by atoms with Crippen molar-refractivity contribution in [3.05, 3.63) is 53.1 Å². The van der Waals surface area contributed by atoms with Crippen LogP contribution in [-0.2, 0) is 9.53 Å². The van der Waals surface area contributed by atoms with Crippen LogP contribution in [0, 0.1) is 0 Å². The van der Waals surface area contributed by atoms with Gasteiger partial charge in [0.1, 0.15) is 0 Å². The highest BCUT2D eigenvalue weighted by atomic mass is 16.5. The van der Waals surface area contributed by atoms with E-state index in [9.17, 15) is 9.59 Å². The van der Waals surface area contributed by atoms with Gasteiger partial charge < -0.3 is 4.74 Å². The van der Waals surface area contributed by atoms with Crippen LogP contribution < -0.4 is 4.90 Å². The number of fused-ring (bicyclic) bond motifs is 1. The SMILES string of the molecule is CC(=O)N1c2ccccc2C(=O)C1OC/C=C(\C)CCC=C(C)C. The number of hydrogen-bond acceptors (Lipinski definition) is 3. The van der Waals surface area contributed by atoms with Crippen LogP contribution >= 0.6 is 0 Å². The van der Waals surface area contributed by atoms with E-state index < -0.39 is 6.23 Å². The zero-order chi connectivity index (χ0) is 17.7. The number of carbonyl (C=O) groups excluding carboxylic acids is 2. The summed E-state index contributed by atoms with van der Waals surface area (Å²) in [6.45, 7) is 7.99. The Morgan fingerprint density at radius 1 is 1.17 bits per heavy atom. The molecule has 0 N–H and O–H groups in total. The van der Waals surface area contributed by atoms with Gasteiger partial charge in [0.25, 0.3) is 0 Å². The van der Waals surface area contributed by atoms with Gasteiger partial charge in [-0.25, -0.2) is 0 Å². The van der Waals surface area contributed by atoms with Crippen LogP contribution in [0.25, 0.3) is 0 Å². The summed E-state index contributed by atoms with van der Waals surface area (Å²) >= 11 is 0. The van der Waals surface area contributed by atoms with Crippen molar-refractivity contribution < 1.29 is 14.3 Å². The minimum Gasteiger partial charge on any atom is -0.346 e. The van der Waals surface area contributed by atoms with E-state index in [4.69, 9.17) is 4.74 Å². The molecule has 0 fully saturated rings. The summed E-state index contributed by atoms with van der Waals surface area (Å²) in [5.41, 5.74) is 3.70. The molecule has 1 atom stereocenters. The van der Waals surface area contributed by atoms with E-state index in [1.807, 2.05) is 12.1 Å². The normalized spacial score (nSPS) is 17.0. The third-order valence-corrected chi connectivity index (χ3v) is 4.00. The zero-order valence-corrected chi connectivity index (χ0v) is 14.8. The van der Waals surface area contributed by atoms with E-state index in [2.05, 4.69) is 26.8 Å². The number of ether oxygens (including phenoxy) is 1. The number of hydrogen-bond donors (Lipinski definition) is 0. The Hall–Kier alpha value is -2.20. The van der Waals surface area contributed by atoms with Gasteiger partial charge in [-0.3, -0.25) is 14.5 Å². The predicted octanol–water partition coefficient (Wildman–Crippen LogP) is 4.27. The third kappa shape index (κ3) is 4.20. The van der Waals surface area contributed by atoms with Crippen molar-refractivity contribution in [1.82, 2.24) is 0 Å². The Balaban J connectivity index is 2.01. The molecular weight excluding hydrogens is 302 g/mol. The highest BCUT2D eigenvalue weighted by Crippen LogP contribution is 2.32. The number of allylic oxidation sites excluding steroid dienone is 3. The second-order valence-electron chi connectivity index (χ2n) is 6.33. The molecule has 1 aromatic carbocycles. The van der Waals surface area contributed by atoms with Gasteiger partial charge in [0, 0.05) is 12.5 Å². The van der Waals surface area contributed by atoms with Crippen LogP contribution in [0.3, 0.4) is 0 Å². The van der Waals surface area contributed by atoms with E-state index in [0.29, 0.717) is 17.9 Å². The summed E-state index contributed by atoms with van der Waals surface area (Å²) in [6.07, 6.45) is 5.28. The maximum absolute atomic E-state index is 12.5. The van der Waals surface area contributed by atoms with Gasteiger partial charge in [0.05, 0.1) is 12.3 Å². The number of anilines is 1. The highest BCUT2D eigenvalue weighted by molar-refractivity contribution is 6.16. The standard InChI is InChI=1S/C20H25NO3/c1-14(2)8-7-9-15(3)12-13-24-20-19(23)17-10-5-6-11-18(17)21(20)16(4)22/h5-6,8,10-12,20H,7,9,13H2,1-4H3/b15-12+. The van der Waals surface area contributed by atoms with Gasteiger partial charge in [0.2, 0.25) is 17.9 Å². The summed E-state index contributed by atoms with van der Waals surface area (Å²) in [6, 6.07) is 7.12. The number of ketones is 1. The number of rotatable bonds is 6. The first-order valence-corrected chi connectivity index (χ1v) is 8.25. The average Bonchev–Trinajstić information content (AvgIpc) is 2.80. The van der Waals surface area contributed by atoms with Crippen LogP contribution in [0.5, 0.6) is 0 Å². The second-order valence-corrected chi connectivity index (χ2v) is 6.33. The average molecular weight is 327 g/mol. The molecule has 0 aromatic heterocycles. The Morgan fingerprint density at radius 3 is 2.54 bits per heavy atom. The summed E-state index contributed by atoms with van der Waals surface area (Å²) in [5, 5.41) is 0. The number of benzene rings is 1. The molecule has 4 heteroatoms. The Labute approximate surface area is 143 Å². The molecule has 0 aliphatic carbocycles. The first-order chi connectivity index (χ1) is 11.4. The molecule has 0 saturated carbocycles. The van der Waals surface area contributed by atoms with Crippen molar-refractivity contribution in [1.29, 1.82) is 0 Å². The molecule has 24 heavy (non-hydrogen) atoms. The third-order valence-electron chi connectivity index (χ3n) is 4.00. The fourth-order valence-corrected chi connectivity index (χ4v) is 2.73. The number of carbonyl (C=O) groups is 2. The minimum atomic E-state index is -0.860. The molecule has 1 aromatic rings. The molecule has 1 aliphatic heterocycles. The van der Waals surface area contributed by atoms with E-state index in [0.717, 1.165) is 12.8 Å². The van der Waals surface area contributed by atoms with Crippen molar-refractivity contribution in [2.75, 3.05) is 11.5 Å². The second kappa shape index (κ2) is 8.06. The smallest absolute Gasteiger partial charge is 0.226 e. The number of para-hydroxylation sites is 1. The van der Waals surface area contributed by atoms with Crippen molar-refractivity contribution in [3.8, 4) is 0 Å². The lowest BCUT2D eigenvalue weighted by molar-refractivity contribution is -0.118. The molecule has 4 nitrogen and oxygen atoms in total. The molecule has 2 rings (SSSR count). The molecule has 1 unspecified atom stereocenters. The Kier molecular flexibility index (Phi) is 6.10. The fourth-order valence-electron chi connectivity index (χ4n) is 2.73. The molecular formula is C20H25NO3. The van der Waals surface area contributed by atoms with E-state index >= 15 is 0 Å². The number of amides is 1. The Bertz CT molecular complexity index is 684. The van der Waals surface area contributed by atoms with Gasteiger partial charge in [-0.05, 0) is 45.7 Å². The highest BCUT2D eigenvalue weighted by Gasteiger charge is 2.39. The maximum atomic E-state index is 12.5. The maximum Gasteiger partial charge on any atom is 0.226 e. The van der Waals surface area contributed by atoms with Gasteiger partial charge in [0.15, 0.2) is 0 Å². The van der Waals surface area contributed by atoms with E-state index in [-0.39, 0.29) is 11.7 Å². The first-order valence-electron chi connectivity index (χ1n) is 8.25. The van der Waals surface area contributed by atoms with E-state index in [1.165, 1.54) is 23.0 Å². The van der Waals surface area contributed by atoms with Crippen molar-refractivity contribution in [2.24, 2.45) is 0 Å². The molecule has 0 saturated heterocycles. The Morgan fingerprint density at radius 2 is 1.88 bits per heavy atom. The lowest BCUT2D eigenvalue weighted by Gasteiger charge is -2.22. The summed E-state index contributed by atoms with van der Waals surface area (Å²) in [4.78, 5) is 25.9. The molecule has 0 radical (unpaired) electrons. The van der Waals surface area contributed by atoms with Gasteiger partial charge >= 0.3 is 0 Å². The summed E-state index contributed by atoms with van der Waals surface area (Å²) in [7, 11) is 0. The lowest BCUT2D eigenvalue weighted by atomic mass is 10.1. The van der Waals surface area contributed by atoms with Crippen molar-refractivity contribution in [3.63, 3.8) is 0 Å². The summed E-state index contributed by atoms with van der Waals surface area (Å²) in [5.74, 6) is -0.348. The molecule has 1 amide bonds. The minimum absolute atomic E-state index is 0.156. The van der Waals surface area contributed by atoms with Gasteiger partial charge in [-0.1, -0.05) is 35.4 Å². The van der Waals surface area contributed by atoms with Crippen LogP contribution in [0.1, 0.15) is 50.9 Å². The van der Waals surface area contributed by atoms with E-state index in [1.54, 1.807) is 18.2 Å². The van der Waals surface area contributed by atoms with Gasteiger partial charge in [-0.15, -0.1) is 0 Å². The van der Waals surface area contributed by atoms with Crippen molar-refractivity contribution >= 4 is 17.4 Å². The van der Waals surface area contributed by atoms with Gasteiger partial charge in [-0.2, -0.15) is 0 Å². The molecule has 128 valence electrons. The van der Waals surface area contributed by atoms with Crippen LogP contribution in [0.15, 0.2) is 47.6 Å². The number of Topliss-reactive ketones (excluding diaryl/α,β-unsaturated/α-hetero) is 1. The molecule has 1 aliphatic rings. The number of nitrogens with zero attached hydrogens (tertiary/aromatic N) is 1. The first kappa shape index (κ1) is 18.1. The fraction of sp³-hybridized carbons (Fsp3) is 0.400. The lowest BCUT2D eigenvalue weighted by Crippen LogP contribution is -2.40. The summed E-state index contributed by atoms with van der Waals surface area (Å²) < 4.78 is 5.73. The predicted molar refractivity (Wildman–Crippen MR) is 96.1 cm³/mol. The topological polar surface area (TPSA) is 46.6 Å². The quantitative estimate of drug-likeness (QED) is 0.733. The van der Waals surface area contributed by atoms with Crippen LogP contribution in [-0.4, -0.2) is 24.5 Å². The van der Waals surface area contributed by atoms with Crippen LogP contribution in [0.2, 0.25) is 0 Å². The molecule has 1 heterocycles. The largest absolute Gasteiger partial charge is 0.346 e. The van der Waals surface area contributed by atoms with Crippen molar-refractivity contribution in [2.45, 2.75) is 46.8 Å².